The molecule has 0 spiro atoms. The van der Waals surface area contributed by atoms with Crippen molar-refractivity contribution in [2.45, 2.75) is 6.42 Å². The Morgan fingerprint density at radius 1 is 1.56 bits per heavy atom. The van der Waals surface area contributed by atoms with Crippen LogP contribution in [0.3, 0.4) is 0 Å². The van der Waals surface area contributed by atoms with Crippen LogP contribution < -0.4 is 0 Å². The van der Waals surface area contributed by atoms with Gasteiger partial charge in [-0.1, -0.05) is 18.2 Å². The Kier molecular flexibility index (Phi) is 2.52. The Bertz CT molecular complexity index is 116. The molecule has 1 aliphatic rings. The first kappa shape index (κ1) is 6.56. The van der Waals surface area contributed by atoms with Gasteiger partial charge in [0.15, 0.2) is 0 Å². The molecule has 0 bridgehead atoms. The van der Waals surface area contributed by atoms with Gasteiger partial charge in [-0.15, -0.1) is 6.58 Å². The molecule has 0 fully saturated rings. The fraction of sp³-hybridized carbons (Fsp3) is 0.500. The van der Waals surface area contributed by atoms with Crippen molar-refractivity contribution in [1.82, 2.24) is 4.90 Å². The Hall–Kier alpha value is -0.560. The lowest BCUT2D eigenvalue weighted by Gasteiger charge is -2.20. The lowest BCUT2D eigenvalue weighted by atomic mass is 10.2. The van der Waals surface area contributed by atoms with Gasteiger partial charge in [0.25, 0.3) is 0 Å². The highest BCUT2D eigenvalue weighted by atomic mass is 15.1. The molecular formula is C8H13N. The van der Waals surface area contributed by atoms with Gasteiger partial charge in [-0.25, -0.2) is 0 Å². The van der Waals surface area contributed by atoms with Gasteiger partial charge in [0.05, 0.1) is 0 Å². The van der Waals surface area contributed by atoms with E-state index in [1.165, 1.54) is 13.0 Å². The molecule has 1 nitrogen and oxygen atoms in total. The molecule has 0 radical (unpaired) electrons. The first-order chi connectivity index (χ1) is 4.43. The second kappa shape index (κ2) is 3.46. The summed E-state index contributed by atoms with van der Waals surface area (Å²) in [6.07, 6.45) is 7.61. The van der Waals surface area contributed by atoms with Crippen LogP contribution in [0.1, 0.15) is 6.42 Å². The zero-order valence-electron chi connectivity index (χ0n) is 5.71. The van der Waals surface area contributed by atoms with E-state index in [4.69, 9.17) is 0 Å². The fourth-order valence-electron chi connectivity index (χ4n) is 1.04. The summed E-state index contributed by atoms with van der Waals surface area (Å²) in [5, 5.41) is 0. The second-order valence-electron chi connectivity index (χ2n) is 2.31. The van der Waals surface area contributed by atoms with Gasteiger partial charge in [-0.2, -0.15) is 0 Å². The molecule has 0 aromatic heterocycles. The van der Waals surface area contributed by atoms with Crippen molar-refractivity contribution in [3.8, 4) is 0 Å². The quantitative estimate of drug-likeness (QED) is 0.502. The molecule has 1 rings (SSSR count). The summed E-state index contributed by atoms with van der Waals surface area (Å²) in [5.74, 6) is 0. The average molecular weight is 123 g/mol. The third kappa shape index (κ3) is 2.02. The SMILES string of the molecule is C=CCN1CC=CCC1. The van der Waals surface area contributed by atoms with E-state index in [1.807, 2.05) is 6.08 Å². The lowest BCUT2D eigenvalue weighted by molar-refractivity contribution is 0.331. The van der Waals surface area contributed by atoms with E-state index in [9.17, 15) is 0 Å². The summed E-state index contributed by atoms with van der Waals surface area (Å²) < 4.78 is 0. The summed E-state index contributed by atoms with van der Waals surface area (Å²) in [6.45, 7) is 7.02. The first-order valence-electron chi connectivity index (χ1n) is 3.42. The van der Waals surface area contributed by atoms with E-state index in [0.717, 1.165) is 13.1 Å². The summed E-state index contributed by atoms with van der Waals surface area (Å²) in [6, 6.07) is 0. The van der Waals surface area contributed by atoms with Crippen LogP contribution in [0.15, 0.2) is 24.8 Å². The minimum Gasteiger partial charge on any atom is -0.296 e. The van der Waals surface area contributed by atoms with Gasteiger partial charge in [0.2, 0.25) is 0 Å². The molecule has 0 saturated carbocycles. The summed E-state index contributed by atoms with van der Waals surface area (Å²) >= 11 is 0. The molecule has 0 aromatic carbocycles. The maximum absolute atomic E-state index is 3.69. The van der Waals surface area contributed by atoms with E-state index in [-0.39, 0.29) is 0 Å². The van der Waals surface area contributed by atoms with Crippen LogP contribution in [-0.2, 0) is 0 Å². The number of hydrogen-bond donors (Lipinski definition) is 0. The van der Waals surface area contributed by atoms with Crippen LogP contribution in [0.4, 0.5) is 0 Å². The van der Waals surface area contributed by atoms with Gasteiger partial charge < -0.3 is 0 Å². The Morgan fingerprint density at radius 2 is 2.44 bits per heavy atom. The lowest BCUT2D eigenvalue weighted by Crippen LogP contribution is -2.26. The van der Waals surface area contributed by atoms with Crippen LogP contribution in [0, 0.1) is 0 Å². The number of nitrogens with zero attached hydrogens (tertiary/aromatic N) is 1. The normalized spacial score (nSPS) is 20.0. The molecule has 50 valence electrons. The van der Waals surface area contributed by atoms with Crippen molar-refractivity contribution in [2.24, 2.45) is 0 Å². The molecule has 1 heterocycles. The molecule has 0 saturated heterocycles. The predicted octanol–water partition coefficient (Wildman–Crippen LogP) is 1.43. The molecule has 1 heteroatoms. The fourth-order valence-corrected chi connectivity index (χ4v) is 1.04. The highest BCUT2D eigenvalue weighted by Gasteiger charge is 2.01. The van der Waals surface area contributed by atoms with Crippen molar-refractivity contribution in [3.63, 3.8) is 0 Å². The zero-order chi connectivity index (χ0) is 6.53. The minimum atomic E-state index is 1.03. The first-order valence-corrected chi connectivity index (χ1v) is 3.42. The largest absolute Gasteiger partial charge is 0.296 e. The van der Waals surface area contributed by atoms with E-state index in [1.54, 1.807) is 0 Å². The minimum absolute atomic E-state index is 1.03. The smallest absolute Gasteiger partial charge is 0.0166 e. The van der Waals surface area contributed by atoms with Crippen LogP contribution in [0.2, 0.25) is 0 Å². The van der Waals surface area contributed by atoms with Gasteiger partial charge in [0.1, 0.15) is 0 Å². The van der Waals surface area contributed by atoms with Gasteiger partial charge in [0, 0.05) is 19.6 Å². The maximum atomic E-state index is 3.69. The van der Waals surface area contributed by atoms with Gasteiger partial charge in [-0.05, 0) is 6.42 Å². The molecule has 0 unspecified atom stereocenters. The topological polar surface area (TPSA) is 3.24 Å². The highest BCUT2D eigenvalue weighted by Crippen LogP contribution is 1.99. The second-order valence-corrected chi connectivity index (χ2v) is 2.31. The van der Waals surface area contributed by atoms with Gasteiger partial charge >= 0.3 is 0 Å². The molecular weight excluding hydrogens is 110 g/mol. The Balaban J connectivity index is 2.26. The van der Waals surface area contributed by atoms with Crippen molar-refractivity contribution < 1.29 is 0 Å². The van der Waals surface area contributed by atoms with E-state index < -0.39 is 0 Å². The number of hydrogen-bond acceptors (Lipinski definition) is 1. The van der Waals surface area contributed by atoms with Crippen molar-refractivity contribution in [1.29, 1.82) is 0 Å². The van der Waals surface area contributed by atoms with E-state index in [0.29, 0.717) is 0 Å². The predicted molar refractivity (Wildman–Crippen MR) is 40.4 cm³/mol. The van der Waals surface area contributed by atoms with Gasteiger partial charge in [-0.3, -0.25) is 4.90 Å². The summed E-state index contributed by atoms with van der Waals surface area (Å²) in [7, 11) is 0. The summed E-state index contributed by atoms with van der Waals surface area (Å²) in [5.41, 5.74) is 0. The monoisotopic (exact) mass is 123 g/mol. The Morgan fingerprint density at radius 3 is 3.00 bits per heavy atom. The van der Waals surface area contributed by atoms with Crippen LogP contribution >= 0.6 is 0 Å². The van der Waals surface area contributed by atoms with Crippen molar-refractivity contribution in [3.05, 3.63) is 24.8 Å². The Labute approximate surface area is 56.7 Å². The molecule has 0 atom stereocenters. The molecule has 0 amide bonds. The molecule has 1 aliphatic heterocycles. The third-order valence-electron chi connectivity index (χ3n) is 1.53. The molecule has 0 aromatic rings. The summed E-state index contributed by atoms with van der Waals surface area (Å²) in [4.78, 5) is 2.37. The molecule has 9 heavy (non-hydrogen) atoms. The average Bonchev–Trinajstić information content (AvgIpc) is 1.91. The molecule has 0 aliphatic carbocycles. The number of rotatable bonds is 2. The zero-order valence-corrected chi connectivity index (χ0v) is 5.71. The van der Waals surface area contributed by atoms with Crippen molar-refractivity contribution in [2.75, 3.05) is 19.6 Å². The van der Waals surface area contributed by atoms with E-state index in [2.05, 4.69) is 23.6 Å². The van der Waals surface area contributed by atoms with Crippen LogP contribution in [0.25, 0.3) is 0 Å². The van der Waals surface area contributed by atoms with Crippen molar-refractivity contribution >= 4 is 0 Å². The highest BCUT2D eigenvalue weighted by molar-refractivity contribution is 4.92. The standard InChI is InChI=1S/C8H13N/c1-2-6-9-7-4-3-5-8-9/h2-4H,1,5-8H2. The maximum Gasteiger partial charge on any atom is 0.0166 e. The van der Waals surface area contributed by atoms with Crippen LogP contribution in [0.5, 0.6) is 0 Å². The van der Waals surface area contributed by atoms with E-state index >= 15 is 0 Å². The molecule has 0 N–H and O–H groups in total. The van der Waals surface area contributed by atoms with Crippen LogP contribution in [-0.4, -0.2) is 24.5 Å². The third-order valence-corrected chi connectivity index (χ3v) is 1.53.